The second-order valence-electron chi connectivity index (χ2n) is 5.72. The van der Waals surface area contributed by atoms with Gasteiger partial charge in [-0.1, -0.05) is 11.6 Å². The summed E-state index contributed by atoms with van der Waals surface area (Å²) in [6.07, 6.45) is 0. The molecule has 8 heteroatoms. The van der Waals surface area contributed by atoms with Crippen LogP contribution in [0.1, 0.15) is 16.3 Å². The second-order valence-corrected chi connectivity index (χ2v) is 7.08. The minimum absolute atomic E-state index is 0.184. The van der Waals surface area contributed by atoms with Gasteiger partial charge in [0.15, 0.2) is 0 Å². The van der Waals surface area contributed by atoms with Crippen molar-refractivity contribution in [3.05, 3.63) is 62.6 Å². The van der Waals surface area contributed by atoms with Crippen molar-refractivity contribution in [2.24, 2.45) is 0 Å². The molecule has 0 aliphatic carbocycles. The lowest BCUT2D eigenvalue weighted by Crippen LogP contribution is -2.28. The zero-order valence-corrected chi connectivity index (χ0v) is 14.7. The molecule has 0 saturated carbocycles. The van der Waals surface area contributed by atoms with Gasteiger partial charge >= 0.3 is 0 Å². The third-order valence-corrected chi connectivity index (χ3v) is 5.05. The maximum atomic E-state index is 12.6. The van der Waals surface area contributed by atoms with Crippen LogP contribution in [-0.4, -0.2) is 32.8 Å². The average molecular weight is 373 g/mol. The summed E-state index contributed by atoms with van der Waals surface area (Å²) in [5.41, 5.74) is 1.76. The molecule has 0 spiro atoms. The molecule has 1 aromatic carbocycles. The van der Waals surface area contributed by atoms with Gasteiger partial charge in [-0.2, -0.15) is 0 Å². The third-order valence-electron chi connectivity index (χ3n) is 3.91. The van der Waals surface area contributed by atoms with Crippen molar-refractivity contribution in [2.75, 3.05) is 7.05 Å². The number of H-pyrrole nitrogens is 2. The van der Waals surface area contributed by atoms with E-state index >= 15 is 0 Å². The molecule has 126 valence electrons. The number of carbonyl (C=O) groups is 1. The molecule has 0 bridgehead atoms. The molecule has 2 N–H and O–H groups in total. The van der Waals surface area contributed by atoms with E-state index in [1.54, 1.807) is 31.3 Å². The molecule has 1 amide bonds. The summed E-state index contributed by atoms with van der Waals surface area (Å²) < 4.78 is 0.588. The number of hydrogen-bond donors (Lipinski definition) is 2. The van der Waals surface area contributed by atoms with Crippen LogP contribution in [0.5, 0.6) is 0 Å². The number of hydrogen-bond acceptors (Lipinski definition) is 4. The summed E-state index contributed by atoms with van der Waals surface area (Å²) in [4.78, 5) is 36.4. The lowest BCUT2D eigenvalue weighted by atomic mass is 10.2. The number of fused-ring (bicyclic) bond motifs is 2. The Hall–Kier alpha value is -2.64. The van der Waals surface area contributed by atoms with Gasteiger partial charge in [0, 0.05) is 23.0 Å². The lowest BCUT2D eigenvalue weighted by molar-refractivity contribution is 0.0776. The Kier molecular flexibility index (Phi) is 3.82. The molecule has 3 aromatic heterocycles. The SMILES string of the molecule is CN(Cc1nc2ccsc2c(=O)[nH]1)C(=O)c1cc2cc(Cl)ccc2[nH]1. The van der Waals surface area contributed by atoms with Crippen LogP contribution in [0, 0.1) is 0 Å². The summed E-state index contributed by atoms with van der Waals surface area (Å²) in [6, 6.07) is 8.95. The molecule has 25 heavy (non-hydrogen) atoms. The van der Waals surface area contributed by atoms with Gasteiger partial charge < -0.3 is 14.9 Å². The molecule has 0 saturated heterocycles. The second kappa shape index (κ2) is 6.02. The van der Waals surface area contributed by atoms with Crippen LogP contribution in [0.15, 0.2) is 40.5 Å². The fourth-order valence-corrected chi connectivity index (χ4v) is 3.62. The number of nitrogens with zero attached hydrogens (tertiary/aromatic N) is 2. The zero-order valence-electron chi connectivity index (χ0n) is 13.2. The largest absolute Gasteiger partial charge is 0.351 e. The van der Waals surface area contributed by atoms with Crippen LogP contribution in [0.3, 0.4) is 0 Å². The number of rotatable bonds is 3. The van der Waals surface area contributed by atoms with E-state index in [0.717, 1.165) is 10.9 Å². The van der Waals surface area contributed by atoms with E-state index in [1.807, 2.05) is 11.4 Å². The van der Waals surface area contributed by atoms with Crippen LogP contribution >= 0.6 is 22.9 Å². The summed E-state index contributed by atoms with van der Waals surface area (Å²) >= 11 is 7.33. The maximum absolute atomic E-state index is 12.6. The molecule has 3 heterocycles. The normalized spacial score (nSPS) is 11.3. The Bertz CT molecular complexity index is 1160. The lowest BCUT2D eigenvalue weighted by Gasteiger charge is -2.15. The van der Waals surface area contributed by atoms with Gasteiger partial charge in [-0.05, 0) is 35.7 Å². The Morgan fingerprint density at radius 2 is 2.12 bits per heavy atom. The highest BCUT2D eigenvalue weighted by atomic mass is 35.5. The first-order chi connectivity index (χ1) is 12.0. The first-order valence-electron chi connectivity index (χ1n) is 7.51. The number of carbonyl (C=O) groups excluding carboxylic acids is 1. The number of halogens is 1. The van der Waals surface area contributed by atoms with Crippen LogP contribution in [0.4, 0.5) is 0 Å². The first-order valence-corrected chi connectivity index (χ1v) is 8.77. The number of thiophene rings is 1. The van der Waals surface area contributed by atoms with Crippen molar-refractivity contribution in [1.29, 1.82) is 0 Å². The van der Waals surface area contributed by atoms with Crippen molar-refractivity contribution < 1.29 is 4.79 Å². The van der Waals surface area contributed by atoms with E-state index < -0.39 is 0 Å². The van der Waals surface area contributed by atoms with Crippen molar-refractivity contribution in [1.82, 2.24) is 19.9 Å². The Balaban J connectivity index is 1.61. The smallest absolute Gasteiger partial charge is 0.270 e. The van der Waals surface area contributed by atoms with E-state index in [9.17, 15) is 9.59 Å². The topological polar surface area (TPSA) is 81.8 Å². The van der Waals surface area contributed by atoms with E-state index in [-0.39, 0.29) is 18.0 Å². The first kappa shape index (κ1) is 15.9. The number of benzene rings is 1. The van der Waals surface area contributed by atoms with Gasteiger partial charge in [0.25, 0.3) is 11.5 Å². The zero-order chi connectivity index (χ0) is 17.6. The van der Waals surface area contributed by atoms with Crippen LogP contribution in [0.25, 0.3) is 21.1 Å². The molecular weight excluding hydrogens is 360 g/mol. The van der Waals surface area contributed by atoms with Crippen molar-refractivity contribution in [2.45, 2.75) is 6.54 Å². The van der Waals surface area contributed by atoms with Gasteiger partial charge in [-0.3, -0.25) is 9.59 Å². The van der Waals surface area contributed by atoms with E-state index in [1.165, 1.54) is 16.2 Å². The van der Waals surface area contributed by atoms with Crippen molar-refractivity contribution in [3.8, 4) is 0 Å². The fraction of sp³-hybridized carbons (Fsp3) is 0.118. The highest BCUT2D eigenvalue weighted by Gasteiger charge is 2.16. The molecule has 0 radical (unpaired) electrons. The maximum Gasteiger partial charge on any atom is 0.270 e. The molecule has 0 aliphatic heterocycles. The average Bonchev–Trinajstić information content (AvgIpc) is 3.20. The van der Waals surface area contributed by atoms with Gasteiger partial charge in [0.1, 0.15) is 16.2 Å². The summed E-state index contributed by atoms with van der Waals surface area (Å²) in [5, 5.41) is 3.31. The predicted octanol–water partition coefficient (Wildman–Crippen LogP) is 3.39. The molecule has 0 fully saturated rings. The molecule has 0 unspecified atom stereocenters. The van der Waals surface area contributed by atoms with Gasteiger partial charge in [-0.15, -0.1) is 11.3 Å². The van der Waals surface area contributed by atoms with Crippen LogP contribution in [-0.2, 0) is 6.54 Å². The van der Waals surface area contributed by atoms with Gasteiger partial charge in [-0.25, -0.2) is 4.98 Å². The summed E-state index contributed by atoms with van der Waals surface area (Å²) in [6.45, 7) is 0.204. The molecular formula is C17H13ClN4O2S. The number of nitrogens with one attached hydrogen (secondary N) is 2. The number of amides is 1. The monoisotopic (exact) mass is 372 g/mol. The van der Waals surface area contributed by atoms with Gasteiger partial charge in [0.05, 0.1) is 12.1 Å². The number of aromatic amines is 2. The van der Waals surface area contributed by atoms with Gasteiger partial charge in [0.2, 0.25) is 0 Å². The predicted molar refractivity (Wildman–Crippen MR) is 99.3 cm³/mol. The van der Waals surface area contributed by atoms with Crippen LogP contribution < -0.4 is 5.56 Å². The van der Waals surface area contributed by atoms with E-state index in [4.69, 9.17) is 11.6 Å². The van der Waals surface area contributed by atoms with E-state index in [2.05, 4.69) is 15.0 Å². The fourth-order valence-electron chi connectivity index (χ4n) is 2.72. The van der Waals surface area contributed by atoms with E-state index in [0.29, 0.717) is 26.8 Å². The Morgan fingerprint density at radius 3 is 2.96 bits per heavy atom. The summed E-state index contributed by atoms with van der Waals surface area (Å²) in [7, 11) is 1.67. The minimum Gasteiger partial charge on any atom is -0.351 e. The minimum atomic E-state index is -0.194. The molecule has 6 nitrogen and oxygen atoms in total. The Labute approximate surface area is 151 Å². The molecule has 0 aliphatic rings. The summed E-state index contributed by atoms with van der Waals surface area (Å²) in [5.74, 6) is 0.256. The highest BCUT2D eigenvalue weighted by Crippen LogP contribution is 2.21. The van der Waals surface area contributed by atoms with Crippen LogP contribution in [0.2, 0.25) is 5.02 Å². The number of aromatic nitrogens is 3. The molecule has 4 aromatic rings. The van der Waals surface area contributed by atoms with Crippen molar-refractivity contribution in [3.63, 3.8) is 0 Å². The van der Waals surface area contributed by atoms with Crippen molar-refractivity contribution >= 4 is 50.0 Å². The molecule has 4 rings (SSSR count). The molecule has 0 atom stereocenters. The Morgan fingerprint density at radius 1 is 1.28 bits per heavy atom. The third kappa shape index (κ3) is 2.92. The highest BCUT2D eigenvalue weighted by molar-refractivity contribution is 7.17. The standard InChI is InChI=1S/C17H13ClN4O2S/c1-22(8-14-20-12-4-5-25-15(12)16(23)21-14)17(24)13-7-9-6-10(18)2-3-11(9)19-13/h2-7,19H,8H2,1H3,(H,20,21,23). The quantitative estimate of drug-likeness (QED) is 0.578.